The van der Waals surface area contributed by atoms with Gasteiger partial charge < -0.3 is 14.0 Å². The molecule has 4 aromatic rings. The Balaban J connectivity index is 1.65. The molecule has 14 heteroatoms. The van der Waals surface area contributed by atoms with E-state index in [0.717, 1.165) is 29.9 Å². The number of rotatable bonds is 9. The van der Waals surface area contributed by atoms with E-state index in [1.54, 1.807) is 6.92 Å². The Labute approximate surface area is 242 Å². The van der Waals surface area contributed by atoms with Gasteiger partial charge in [-0.2, -0.15) is 13.2 Å². The van der Waals surface area contributed by atoms with Crippen molar-refractivity contribution in [3.63, 3.8) is 0 Å². The maximum absolute atomic E-state index is 14.1. The van der Waals surface area contributed by atoms with Crippen LogP contribution >= 0.6 is 11.6 Å². The molecule has 0 aliphatic carbocycles. The fraction of sp³-hybridized carbons (Fsp3) is 0.429. The van der Waals surface area contributed by atoms with Gasteiger partial charge in [-0.05, 0) is 62.4 Å². The summed E-state index contributed by atoms with van der Waals surface area (Å²) < 4.78 is 70.8. The largest absolute Gasteiger partial charge is 0.434 e. The van der Waals surface area contributed by atoms with Gasteiger partial charge in [0.2, 0.25) is 0 Å². The van der Waals surface area contributed by atoms with Gasteiger partial charge in [-0.25, -0.2) is 19.2 Å². The lowest BCUT2D eigenvalue weighted by Crippen LogP contribution is -2.40. The lowest BCUT2D eigenvalue weighted by Gasteiger charge is -2.22. The molecule has 0 spiro atoms. The van der Waals surface area contributed by atoms with Gasteiger partial charge in [-0.3, -0.25) is 13.9 Å². The molecule has 1 aliphatic rings. The fourth-order valence-electron chi connectivity index (χ4n) is 5.02. The lowest BCUT2D eigenvalue weighted by molar-refractivity contribution is -0.163. The number of fused-ring (bicyclic) bond motifs is 1. The van der Waals surface area contributed by atoms with E-state index in [9.17, 15) is 27.2 Å². The number of imidazole rings is 1. The highest BCUT2D eigenvalue weighted by Gasteiger charge is 2.38. The minimum absolute atomic E-state index is 0.00763. The van der Waals surface area contributed by atoms with Crippen molar-refractivity contribution in [3.8, 4) is 11.4 Å². The molecule has 0 bridgehead atoms. The van der Waals surface area contributed by atoms with E-state index in [1.165, 1.54) is 39.5 Å². The molecule has 1 aliphatic heterocycles. The summed E-state index contributed by atoms with van der Waals surface area (Å²) >= 11 is 5.81. The van der Waals surface area contributed by atoms with Crippen molar-refractivity contribution in [2.75, 3.05) is 13.2 Å². The normalized spacial score (nSPS) is 15.9. The van der Waals surface area contributed by atoms with E-state index in [1.807, 2.05) is 0 Å². The number of aryl methyl sites for hydroxylation is 1. The third-order valence-corrected chi connectivity index (χ3v) is 7.23. The van der Waals surface area contributed by atoms with Crippen molar-refractivity contribution in [1.82, 2.24) is 23.7 Å². The Morgan fingerprint density at radius 1 is 1.05 bits per heavy atom. The van der Waals surface area contributed by atoms with Crippen LogP contribution in [-0.4, -0.2) is 43.2 Å². The second-order valence-corrected chi connectivity index (χ2v) is 10.2. The quantitative estimate of drug-likeness (QED) is 0.147. The van der Waals surface area contributed by atoms with Crippen LogP contribution in [0.2, 0.25) is 5.15 Å². The van der Waals surface area contributed by atoms with Crippen molar-refractivity contribution in [3.05, 3.63) is 79.5 Å². The Morgan fingerprint density at radius 2 is 1.81 bits per heavy atom. The van der Waals surface area contributed by atoms with Crippen molar-refractivity contribution in [1.29, 1.82) is 0 Å². The predicted molar refractivity (Wildman–Crippen MR) is 147 cm³/mol. The summed E-state index contributed by atoms with van der Waals surface area (Å²) in [6.07, 6.45) is -2.19. The number of benzene rings is 1. The number of aromatic nitrogens is 5. The second kappa shape index (κ2) is 12.4. The summed E-state index contributed by atoms with van der Waals surface area (Å²) in [4.78, 5) is 35.2. The fourth-order valence-corrected chi connectivity index (χ4v) is 5.16. The predicted octanol–water partition coefficient (Wildman–Crippen LogP) is 5.23. The van der Waals surface area contributed by atoms with Crippen LogP contribution in [0.3, 0.4) is 0 Å². The van der Waals surface area contributed by atoms with Crippen LogP contribution in [0.1, 0.15) is 43.9 Å². The average Bonchev–Trinajstić information content (AvgIpc) is 3.32. The second-order valence-electron chi connectivity index (χ2n) is 9.85. The molecule has 224 valence electrons. The number of nitrogens with zero attached hydrogens (tertiary/aromatic N) is 5. The molecule has 5 rings (SSSR count). The molecule has 1 aromatic carbocycles. The van der Waals surface area contributed by atoms with Crippen molar-refractivity contribution < 1.29 is 27.0 Å². The number of ether oxygens (including phenoxy) is 2. The molecule has 0 radical (unpaired) electrons. The monoisotopic (exact) mass is 609 g/mol. The van der Waals surface area contributed by atoms with Gasteiger partial charge in [-0.1, -0.05) is 23.7 Å². The molecule has 9 nitrogen and oxygen atoms in total. The number of hydrogen-bond donors (Lipinski definition) is 0. The van der Waals surface area contributed by atoms with Crippen LogP contribution in [0.25, 0.3) is 22.6 Å². The highest BCUT2D eigenvalue weighted by molar-refractivity contribution is 6.29. The Kier molecular flexibility index (Phi) is 8.81. The van der Waals surface area contributed by atoms with Crippen molar-refractivity contribution >= 4 is 22.8 Å². The molecule has 1 unspecified atom stereocenters. The zero-order valence-corrected chi connectivity index (χ0v) is 23.4. The molecular formula is C28H28ClF4N5O4. The maximum atomic E-state index is 14.1. The molecule has 3 aromatic heterocycles. The van der Waals surface area contributed by atoms with E-state index < -0.39 is 34.5 Å². The highest BCUT2D eigenvalue weighted by Crippen LogP contribution is 2.37. The zero-order chi connectivity index (χ0) is 30.0. The first kappa shape index (κ1) is 29.9. The van der Waals surface area contributed by atoms with Gasteiger partial charge >= 0.3 is 11.9 Å². The topological polar surface area (TPSA) is 93.2 Å². The van der Waals surface area contributed by atoms with Crippen LogP contribution in [0.15, 0.2) is 46.0 Å². The van der Waals surface area contributed by atoms with Crippen LogP contribution < -0.4 is 11.2 Å². The Morgan fingerprint density at radius 3 is 2.48 bits per heavy atom. The van der Waals surface area contributed by atoms with Crippen LogP contribution in [0, 0.1) is 5.82 Å². The van der Waals surface area contributed by atoms with E-state index in [4.69, 9.17) is 21.1 Å². The number of pyridine rings is 1. The van der Waals surface area contributed by atoms with E-state index in [-0.39, 0.29) is 54.7 Å². The van der Waals surface area contributed by atoms with Gasteiger partial charge in [0.25, 0.3) is 5.56 Å². The van der Waals surface area contributed by atoms with Gasteiger partial charge in [-0.15, -0.1) is 0 Å². The Bertz CT molecular complexity index is 1690. The van der Waals surface area contributed by atoms with Crippen LogP contribution in [0.4, 0.5) is 17.6 Å². The van der Waals surface area contributed by atoms with Gasteiger partial charge in [0, 0.05) is 31.8 Å². The lowest BCUT2D eigenvalue weighted by atomic mass is 10.1. The molecule has 0 amide bonds. The third-order valence-electron chi connectivity index (χ3n) is 7.02. The third kappa shape index (κ3) is 6.13. The summed E-state index contributed by atoms with van der Waals surface area (Å²) in [5.74, 6) is -0.737. The van der Waals surface area contributed by atoms with Gasteiger partial charge in [0.1, 0.15) is 16.8 Å². The molecule has 0 saturated carbocycles. The number of alkyl halides is 3. The highest BCUT2D eigenvalue weighted by atomic mass is 35.5. The number of hydrogen-bond acceptors (Lipinski definition) is 6. The minimum Gasteiger partial charge on any atom is -0.353 e. The van der Waals surface area contributed by atoms with Crippen LogP contribution in [0.5, 0.6) is 0 Å². The van der Waals surface area contributed by atoms with Crippen molar-refractivity contribution in [2.24, 2.45) is 0 Å². The number of halogens is 5. The summed E-state index contributed by atoms with van der Waals surface area (Å²) in [6, 6.07) is 7.63. The molecule has 1 atom stereocenters. The molecule has 1 saturated heterocycles. The van der Waals surface area contributed by atoms with E-state index >= 15 is 0 Å². The first-order valence-corrected chi connectivity index (χ1v) is 13.9. The van der Waals surface area contributed by atoms with E-state index in [2.05, 4.69) is 9.97 Å². The van der Waals surface area contributed by atoms with Gasteiger partial charge in [0.15, 0.2) is 23.1 Å². The smallest absolute Gasteiger partial charge is 0.353 e. The van der Waals surface area contributed by atoms with Crippen molar-refractivity contribution in [2.45, 2.75) is 64.7 Å². The standard InChI is InChI=1S/C28H28ClF4N5O4/c1-2-36-25-22(26(39)37(27(36)40)13-5-15-42-21-6-3-4-14-41-21)38(16-17-7-9-18(30)10-8-17)24(35-25)19-11-12-20(29)34-23(19)28(31,32)33/h7-12,21H,2-6,13-16H2,1H3. The molecule has 42 heavy (non-hydrogen) atoms. The van der Waals surface area contributed by atoms with Crippen LogP contribution in [-0.2, 0) is 35.3 Å². The van der Waals surface area contributed by atoms with E-state index in [0.29, 0.717) is 18.6 Å². The first-order valence-electron chi connectivity index (χ1n) is 13.5. The molecule has 4 heterocycles. The molecule has 0 N–H and O–H groups in total. The Hall–Kier alpha value is -3.55. The molecular weight excluding hydrogens is 582 g/mol. The zero-order valence-electron chi connectivity index (χ0n) is 22.7. The summed E-state index contributed by atoms with van der Waals surface area (Å²) in [7, 11) is 0. The summed E-state index contributed by atoms with van der Waals surface area (Å²) in [5.41, 5.74) is -2.73. The van der Waals surface area contributed by atoms with Gasteiger partial charge in [0.05, 0.1) is 6.61 Å². The average molecular weight is 610 g/mol. The summed E-state index contributed by atoms with van der Waals surface area (Å²) in [5, 5.41) is -0.374. The maximum Gasteiger partial charge on any atom is 0.434 e. The molecule has 1 fully saturated rings. The first-order chi connectivity index (χ1) is 20.1. The summed E-state index contributed by atoms with van der Waals surface area (Å²) in [6.45, 7) is 2.50. The SMILES string of the molecule is CCn1c(=O)n(CCCOC2CCCCO2)c(=O)c2c1nc(-c1ccc(Cl)nc1C(F)(F)F)n2Cc1ccc(F)cc1. The minimum atomic E-state index is -4.90.